The number of carbonyl (C=O) groups excluding carboxylic acids is 1. The first kappa shape index (κ1) is 8.87. The van der Waals surface area contributed by atoms with Gasteiger partial charge in [0, 0.05) is 12.1 Å². The van der Waals surface area contributed by atoms with Crippen LogP contribution in [0.25, 0.3) is 0 Å². The molecule has 3 nitrogen and oxygen atoms in total. The highest BCUT2D eigenvalue weighted by molar-refractivity contribution is 7.99. The largest absolute Gasteiger partial charge is 0.353 e. The van der Waals surface area contributed by atoms with Gasteiger partial charge in [-0.1, -0.05) is 0 Å². The number of nitrogens with one attached hydrogen (secondary N) is 1. The number of nitrogens with two attached hydrogens (primary N) is 1. The van der Waals surface area contributed by atoms with Crippen LogP contribution in [0.5, 0.6) is 0 Å². The smallest absolute Gasteiger partial charge is 0.230 e. The van der Waals surface area contributed by atoms with E-state index in [0.29, 0.717) is 17.8 Å². The van der Waals surface area contributed by atoms with Gasteiger partial charge in [-0.3, -0.25) is 4.79 Å². The van der Waals surface area contributed by atoms with E-state index in [1.165, 1.54) is 0 Å². The molecule has 1 saturated carbocycles. The van der Waals surface area contributed by atoms with Crippen LogP contribution in [0.4, 0.5) is 0 Å². The average Bonchev–Trinajstić information content (AvgIpc) is 1.85. The van der Waals surface area contributed by atoms with Crippen molar-refractivity contribution in [2.24, 2.45) is 5.73 Å². The highest BCUT2D eigenvalue weighted by atomic mass is 32.2. The Kier molecular flexibility index (Phi) is 3.20. The highest BCUT2D eigenvalue weighted by Gasteiger charge is 2.26. The molecule has 0 radical (unpaired) electrons. The Morgan fingerprint density at radius 2 is 2.36 bits per heavy atom. The summed E-state index contributed by atoms with van der Waals surface area (Å²) in [6.45, 7) is 0. The van der Waals surface area contributed by atoms with Crippen molar-refractivity contribution in [1.29, 1.82) is 0 Å². The maximum absolute atomic E-state index is 11.0. The van der Waals surface area contributed by atoms with Crippen molar-refractivity contribution in [3.8, 4) is 0 Å². The van der Waals surface area contributed by atoms with Gasteiger partial charge in [-0.05, 0) is 19.1 Å². The van der Waals surface area contributed by atoms with E-state index in [9.17, 15) is 4.79 Å². The van der Waals surface area contributed by atoms with Crippen LogP contribution < -0.4 is 11.1 Å². The van der Waals surface area contributed by atoms with Crippen LogP contribution in [0.2, 0.25) is 0 Å². The third-order valence-corrected chi connectivity index (χ3v) is 2.37. The first-order valence-corrected chi connectivity index (χ1v) is 5.15. The summed E-state index contributed by atoms with van der Waals surface area (Å²) < 4.78 is 0. The van der Waals surface area contributed by atoms with Crippen LogP contribution >= 0.6 is 11.8 Å². The Hall–Kier alpha value is -0.220. The molecule has 0 unspecified atom stereocenters. The third kappa shape index (κ3) is 2.71. The molecule has 1 aliphatic carbocycles. The van der Waals surface area contributed by atoms with Gasteiger partial charge in [0.1, 0.15) is 0 Å². The van der Waals surface area contributed by atoms with E-state index < -0.39 is 0 Å². The number of carbonyl (C=O) groups is 1. The molecule has 3 N–H and O–H groups in total. The minimum absolute atomic E-state index is 0.134. The fourth-order valence-electron chi connectivity index (χ4n) is 1.18. The molecular formula is C7H14N2OS. The van der Waals surface area contributed by atoms with Gasteiger partial charge in [-0.25, -0.2) is 0 Å². The van der Waals surface area contributed by atoms with E-state index in [1.54, 1.807) is 11.8 Å². The Bertz CT molecular complexity index is 145. The Labute approximate surface area is 71.1 Å². The van der Waals surface area contributed by atoms with Gasteiger partial charge < -0.3 is 11.1 Å². The molecule has 1 fully saturated rings. The predicted molar refractivity (Wildman–Crippen MR) is 47.5 cm³/mol. The van der Waals surface area contributed by atoms with Gasteiger partial charge in [0.25, 0.3) is 0 Å². The van der Waals surface area contributed by atoms with Gasteiger partial charge in [-0.2, -0.15) is 11.8 Å². The fourth-order valence-corrected chi connectivity index (χ4v) is 1.53. The summed E-state index contributed by atoms with van der Waals surface area (Å²) in [5, 5.41) is 2.91. The highest BCUT2D eigenvalue weighted by Crippen LogP contribution is 2.17. The molecule has 0 atom stereocenters. The zero-order valence-corrected chi connectivity index (χ0v) is 7.49. The van der Waals surface area contributed by atoms with Crippen molar-refractivity contribution < 1.29 is 4.79 Å². The average molecular weight is 174 g/mol. The van der Waals surface area contributed by atoms with Gasteiger partial charge in [0.15, 0.2) is 0 Å². The number of amides is 1. The minimum Gasteiger partial charge on any atom is -0.353 e. The number of hydrogen-bond acceptors (Lipinski definition) is 3. The Morgan fingerprint density at radius 3 is 2.82 bits per heavy atom. The standard InChI is InChI=1S/C7H14N2OS/c1-11-4-7(10)9-6-2-5(8)3-6/h5-6H,2-4,8H2,1H3,(H,9,10). The minimum atomic E-state index is 0.134. The van der Waals surface area contributed by atoms with Gasteiger partial charge in [0.2, 0.25) is 5.91 Å². The normalized spacial score (nSPS) is 29.3. The van der Waals surface area contributed by atoms with Crippen LogP contribution in [0.15, 0.2) is 0 Å². The predicted octanol–water partition coefficient (Wildman–Crippen LogP) is -0.0447. The molecule has 0 saturated heterocycles. The van der Waals surface area contributed by atoms with Gasteiger partial charge >= 0.3 is 0 Å². The first-order valence-electron chi connectivity index (χ1n) is 3.76. The quantitative estimate of drug-likeness (QED) is 0.631. The van der Waals surface area contributed by atoms with Crippen molar-refractivity contribution >= 4 is 17.7 Å². The van der Waals surface area contributed by atoms with E-state index in [-0.39, 0.29) is 5.91 Å². The second-order valence-corrected chi connectivity index (χ2v) is 3.79. The maximum Gasteiger partial charge on any atom is 0.230 e. The summed E-state index contributed by atoms with van der Waals surface area (Å²) in [5.41, 5.74) is 5.56. The summed E-state index contributed by atoms with van der Waals surface area (Å²) in [6, 6.07) is 0.666. The van der Waals surface area contributed by atoms with Crippen molar-refractivity contribution in [3.63, 3.8) is 0 Å². The van der Waals surface area contributed by atoms with Crippen LogP contribution in [-0.2, 0) is 4.79 Å². The molecular weight excluding hydrogens is 160 g/mol. The summed E-state index contributed by atoms with van der Waals surface area (Å²) in [6.07, 6.45) is 3.81. The van der Waals surface area contributed by atoms with Crippen molar-refractivity contribution in [2.45, 2.75) is 24.9 Å². The molecule has 11 heavy (non-hydrogen) atoms. The lowest BCUT2D eigenvalue weighted by molar-refractivity contribution is -0.119. The van der Waals surface area contributed by atoms with Crippen LogP contribution in [0, 0.1) is 0 Å². The molecule has 0 heterocycles. The molecule has 0 bridgehead atoms. The summed E-state index contributed by atoms with van der Waals surface area (Å²) in [7, 11) is 0. The Balaban J connectivity index is 2.07. The zero-order chi connectivity index (χ0) is 8.27. The van der Waals surface area contributed by atoms with Gasteiger partial charge in [0.05, 0.1) is 5.75 Å². The van der Waals surface area contributed by atoms with Crippen LogP contribution in [-0.4, -0.2) is 30.0 Å². The Morgan fingerprint density at radius 1 is 1.73 bits per heavy atom. The molecule has 0 aromatic heterocycles. The lowest BCUT2D eigenvalue weighted by atomic mass is 9.88. The van der Waals surface area contributed by atoms with E-state index in [1.807, 2.05) is 6.26 Å². The first-order chi connectivity index (χ1) is 5.22. The second-order valence-electron chi connectivity index (χ2n) is 2.93. The maximum atomic E-state index is 11.0. The summed E-state index contributed by atoms with van der Waals surface area (Å²) in [4.78, 5) is 11.0. The van der Waals surface area contributed by atoms with Crippen LogP contribution in [0.3, 0.4) is 0 Å². The molecule has 0 aromatic carbocycles. The number of thioether (sulfide) groups is 1. The SMILES string of the molecule is CSCC(=O)NC1CC(N)C1. The molecule has 0 aliphatic heterocycles. The molecule has 4 heteroatoms. The summed E-state index contributed by atoms with van der Waals surface area (Å²) in [5.74, 6) is 0.695. The molecule has 0 aromatic rings. The van der Waals surface area contributed by atoms with E-state index in [4.69, 9.17) is 5.73 Å². The van der Waals surface area contributed by atoms with Crippen molar-refractivity contribution in [2.75, 3.05) is 12.0 Å². The van der Waals surface area contributed by atoms with Crippen molar-refractivity contribution in [3.05, 3.63) is 0 Å². The van der Waals surface area contributed by atoms with Gasteiger partial charge in [-0.15, -0.1) is 0 Å². The van der Waals surface area contributed by atoms with Crippen LogP contribution in [0.1, 0.15) is 12.8 Å². The topological polar surface area (TPSA) is 55.1 Å². The molecule has 64 valence electrons. The van der Waals surface area contributed by atoms with E-state index in [0.717, 1.165) is 12.8 Å². The monoisotopic (exact) mass is 174 g/mol. The van der Waals surface area contributed by atoms with Crippen molar-refractivity contribution in [1.82, 2.24) is 5.32 Å². The molecule has 1 rings (SSSR count). The lowest BCUT2D eigenvalue weighted by Crippen LogP contribution is -2.50. The van der Waals surface area contributed by atoms with E-state index in [2.05, 4.69) is 5.32 Å². The molecule has 1 amide bonds. The summed E-state index contributed by atoms with van der Waals surface area (Å²) >= 11 is 1.54. The third-order valence-electron chi connectivity index (χ3n) is 1.82. The molecule has 1 aliphatic rings. The number of hydrogen-bond donors (Lipinski definition) is 2. The lowest BCUT2D eigenvalue weighted by Gasteiger charge is -2.32. The second kappa shape index (κ2) is 3.97. The van der Waals surface area contributed by atoms with E-state index >= 15 is 0 Å². The number of rotatable bonds is 3. The fraction of sp³-hybridized carbons (Fsp3) is 0.857. The molecule has 0 spiro atoms. The zero-order valence-electron chi connectivity index (χ0n) is 6.67.